The summed E-state index contributed by atoms with van der Waals surface area (Å²) in [6.07, 6.45) is 1.18. The standard InChI is InChI=1S/C19H27N3O2/c1-14-10-16-12-17(19(23)21-18(16)11-15(14)2)13-20-4-3-5-22-6-8-24-9-7-22/h10-12,20H,3-9,13H2,1-2H3,(H,21,23)/p+2. The van der Waals surface area contributed by atoms with Crippen LogP contribution in [0.1, 0.15) is 23.1 Å². The maximum Gasteiger partial charge on any atom is 0.257 e. The minimum Gasteiger partial charge on any atom is -0.370 e. The molecule has 1 aliphatic rings. The molecule has 0 amide bonds. The topological polar surface area (TPSA) is 63.1 Å². The first-order valence-electron chi connectivity index (χ1n) is 8.99. The van der Waals surface area contributed by atoms with E-state index in [2.05, 4.69) is 36.3 Å². The van der Waals surface area contributed by atoms with Crippen LogP contribution < -0.4 is 15.8 Å². The predicted molar refractivity (Wildman–Crippen MR) is 95.5 cm³/mol. The number of aryl methyl sites for hydroxylation is 2. The van der Waals surface area contributed by atoms with Crippen molar-refractivity contribution in [3.8, 4) is 0 Å². The summed E-state index contributed by atoms with van der Waals surface area (Å²) in [5, 5.41) is 3.37. The minimum absolute atomic E-state index is 0.0424. The fraction of sp³-hybridized carbons (Fsp3) is 0.526. The van der Waals surface area contributed by atoms with Crippen molar-refractivity contribution in [3.05, 3.63) is 45.2 Å². The molecule has 3 rings (SSSR count). The van der Waals surface area contributed by atoms with Crippen LogP contribution in [0.2, 0.25) is 0 Å². The van der Waals surface area contributed by atoms with Gasteiger partial charge in [0.1, 0.15) is 19.6 Å². The second-order valence-corrected chi connectivity index (χ2v) is 6.89. The van der Waals surface area contributed by atoms with Crippen LogP contribution in [-0.4, -0.2) is 44.4 Å². The predicted octanol–water partition coefficient (Wildman–Crippen LogP) is -0.486. The number of morpholine rings is 1. The number of benzene rings is 1. The van der Waals surface area contributed by atoms with Gasteiger partial charge < -0.3 is 19.9 Å². The van der Waals surface area contributed by atoms with E-state index in [-0.39, 0.29) is 5.56 Å². The Kier molecular flexibility index (Phi) is 5.66. The highest BCUT2D eigenvalue weighted by molar-refractivity contribution is 5.80. The quantitative estimate of drug-likeness (QED) is 0.626. The fourth-order valence-corrected chi connectivity index (χ4v) is 3.34. The lowest BCUT2D eigenvalue weighted by Gasteiger charge is -2.23. The van der Waals surface area contributed by atoms with Gasteiger partial charge in [-0.3, -0.25) is 4.79 Å². The first-order chi connectivity index (χ1) is 11.6. The number of aromatic amines is 1. The smallest absolute Gasteiger partial charge is 0.257 e. The van der Waals surface area contributed by atoms with E-state index in [1.54, 1.807) is 4.90 Å². The van der Waals surface area contributed by atoms with Crippen molar-refractivity contribution in [1.82, 2.24) is 4.98 Å². The molecule has 0 spiro atoms. The first kappa shape index (κ1) is 17.1. The molecule has 4 N–H and O–H groups in total. The number of nitrogens with two attached hydrogens (primary N) is 1. The van der Waals surface area contributed by atoms with Crippen LogP contribution in [0.25, 0.3) is 10.9 Å². The van der Waals surface area contributed by atoms with E-state index >= 15 is 0 Å². The Hall–Kier alpha value is -1.69. The molecule has 1 fully saturated rings. The lowest BCUT2D eigenvalue weighted by molar-refractivity contribution is -0.909. The molecule has 1 saturated heterocycles. The molecular weight excluding hydrogens is 302 g/mol. The number of fused-ring (bicyclic) bond motifs is 1. The Balaban J connectivity index is 1.54. The molecule has 2 heterocycles. The van der Waals surface area contributed by atoms with Crippen LogP contribution >= 0.6 is 0 Å². The van der Waals surface area contributed by atoms with Crippen molar-refractivity contribution in [2.24, 2.45) is 0 Å². The van der Waals surface area contributed by atoms with Gasteiger partial charge in [-0.15, -0.1) is 0 Å². The van der Waals surface area contributed by atoms with Gasteiger partial charge in [-0.05, 0) is 48.6 Å². The summed E-state index contributed by atoms with van der Waals surface area (Å²) in [5.74, 6) is 0. The molecular formula is C19H29N3O2+2. The zero-order valence-corrected chi connectivity index (χ0v) is 14.8. The summed E-state index contributed by atoms with van der Waals surface area (Å²) in [4.78, 5) is 16.9. The van der Waals surface area contributed by atoms with E-state index < -0.39 is 0 Å². The Labute approximate surface area is 143 Å². The summed E-state index contributed by atoms with van der Waals surface area (Å²) >= 11 is 0. The van der Waals surface area contributed by atoms with Crippen molar-refractivity contribution < 1.29 is 15.0 Å². The summed E-state index contributed by atoms with van der Waals surface area (Å²) in [7, 11) is 0. The van der Waals surface area contributed by atoms with Crippen molar-refractivity contribution in [3.63, 3.8) is 0 Å². The van der Waals surface area contributed by atoms with E-state index in [1.807, 2.05) is 6.07 Å². The van der Waals surface area contributed by atoms with Gasteiger partial charge in [-0.25, -0.2) is 0 Å². The number of pyridine rings is 1. The third kappa shape index (κ3) is 4.23. The maximum absolute atomic E-state index is 12.2. The van der Waals surface area contributed by atoms with Crippen LogP contribution in [-0.2, 0) is 11.3 Å². The zero-order chi connectivity index (χ0) is 16.9. The zero-order valence-electron chi connectivity index (χ0n) is 14.8. The minimum atomic E-state index is 0.0424. The molecule has 1 aliphatic heterocycles. The van der Waals surface area contributed by atoms with Gasteiger partial charge in [-0.1, -0.05) is 0 Å². The van der Waals surface area contributed by atoms with Crippen LogP contribution in [0.3, 0.4) is 0 Å². The SMILES string of the molecule is Cc1cc2cc(C[NH2+]CCC[NH+]3CCOCC3)c(=O)[nH]c2cc1C. The van der Waals surface area contributed by atoms with Gasteiger partial charge in [0.2, 0.25) is 0 Å². The van der Waals surface area contributed by atoms with Crippen molar-refractivity contribution in [1.29, 1.82) is 0 Å². The first-order valence-corrected chi connectivity index (χ1v) is 8.99. The maximum atomic E-state index is 12.2. The van der Waals surface area contributed by atoms with E-state index in [9.17, 15) is 4.79 Å². The number of nitrogens with one attached hydrogen (secondary N) is 2. The number of hydrogen-bond acceptors (Lipinski definition) is 2. The van der Waals surface area contributed by atoms with Gasteiger partial charge >= 0.3 is 0 Å². The molecule has 0 bridgehead atoms. The summed E-state index contributed by atoms with van der Waals surface area (Å²) in [6.45, 7) is 11.2. The monoisotopic (exact) mass is 331 g/mol. The summed E-state index contributed by atoms with van der Waals surface area (Å²) < 4.78 is 5.38. The number of quaternary nitrogens is 2. The van der Waals surface area contributed by atoms with Crippen molar-refractivity contribution in [2.45, 2.75) is 26.8 Å². The number of hydrogen-bond donors (Lipinski definition) is 3. The van der Waals surface area contributed by atoms with E-state index in [1.165, 1.54) is 24.1 Å². The summed E-state index contributed by atoms with van der Waals surface area (Å²) in [6, 6.07) is 6.26. The van der Waals surface area contributed by atoms with Gasteiger partial charge in [0.25, 0.3) is 5.56 Å². The van der Waals surface area contributed by atoms with Crippen molar-refractivity contribution >= 4 is 10.9 Å². The van der Waals surface area contributed by atoms with Crippen LogP contribution in [0, 0.1) is 13.8 Å². The molecule has 0 aliphatic carbocycles. The second kappa shape index (κ2) is 7.92. The second-order valence-electron chi connectivity index (χ2n) is 6.89. The number of H-pyrrole nitrogens is 1. The Morgan fingerprint density at radius 1 is 1.17 bits per heavy atom. The molecule has 2 aromatic rings. The highest BCUT2D eigenvalue weighted by atomic mass is 16.5. The molecule has 0 saturated carbocycles. The lowest BCUT2D eigenvalue weighted by Crippen LogP contribution is -3.14. The summed E-state index contributed by atoms with van der Waals surface area (Å²) in [5.41, 5.74) is 4.31. The lowest BCUT2D eigenvalue weighted by atomic mass is 10.0. The molecule has 5 heteroatoms. The normalized spacial score (nSPS) is 15.9. The molecule has 0 unspecified atom stereocenters. The van der Waals surface area contributed by atoms with E-state index in [4.69, 9.17) is 4.74 Å². The van der Waals surface area contributed by atoms with Crippen molar-refractivity contribution in [2.75, 3.05) is 39.4 Å². The number of aromatic nitrogens is 1. The van der Waals surface area contributed by atoms with Gasteiger partial charge in [0.05, 0.1) is 31.9 Å². The van der Waals surface area contributed by atoms with Gasteiger partial charge in [0.15, 0.2) is 0 Å². The highest BCUT2D eigenvalue weighted by Gasteiger charge is 2.13. The molecule has 1 aromatic carbocycles. The van der Waals surface area contributed by atoms with E-state index in [0.717, 1.165) is 55.9 Å². The Bertz CT molecular complexity index is 748. The van der Waals surface area contributed by atoms with Gasteiger partial charge in [-0.2, -0.15) is 0 Å². The molecule has 0 atom stereocenters. The Morgan fingerprint density at radius 3 is 2.71 bits per heavy atom. The highest BCUT2D eigenvalue weighted by Crippen LogP contribution is 2.16. The van der Waals surface area contributed by atoms with Crippen LogP contribution in [0.15, 0.2) is 23.0 Å². The molecule has 1 aromatic heterocycles. The fourth-order valence-electron chi connectivity index (χ4n) is 3.34. The number of rotatable bonds is 6. The molecule has 130 valence electrons. The average molecular weight is 331 g/mol. The average Bonchev–Trinajstić information content (AvgIpc) is 2.58. The molecule has 5 nitrogen and oxygen atoms in total. The van der Waals surface area contributed by atoms with Crippen LogP contribution in [0.5, 0.6) is 0 Å². The largest absolute Gasteiger partial charge is 0.370 e. The third-order valence-electron chi connectivity index (χ3n) is 5.04. The molecule has 24 heavy (non-hydrogen) atoms. The van der Waals surface area contributed by atoms with E-state index in [0.29, 0.717) is 0 Å². The third-order valence-corrected chi connectivity index (χ3v) is 5.04. The molecule has 0 radical (unpaired) electrons. The van der Waals surface area contributed by atoms with Gasteiger partial charge in [0, 0.05) is 11.9 Å². The van der Waals surface area contributed by atoms with Crippen LogP contribution in [0.4, 0.5) is 0 Å². The Morgan fingerprint density at radius 2 is 1.92 bits per heavy atom. The number of ether oxygens (including phenoxy) is 1.